The van der Waals surface area contributed by atoms with E-state index in [0.29, 0.717) is 45.8 Å². The van der Waals surface area contributed by atoms with Crippen LogP contribution < -0.4 is 4.90 Å². The average molecular weight is 564 g/mol. The third kappa shape index (κ3) is 5.44. The van der Waals surface area contributed by atoms with Gasteiger partial charge in [0.1, 0.15) is 5.82 Å². The number of unbranched alkanes of at least 4 members (excludes halogenated alkanes) is 3. The first kappa shape index (κ1) is 28.7. The highest BCUT2D eigenvalue weighted by Crippen LogP contribution is 2.33. The number of hydrogen-bond acceptors (Lipinski definition) is 8. The predicted molar refractivity (Wildman–Crippen MR) is 153 cm³/mol. The molecular formula is C30H37N5O6. The monoisotopic (exact) mass is 563 g/mol. The van der Waals surface area contributed by atoms with Gasteiger partial charge in [-0.05, 0) is 30.7 Å². The van der Waals surface area contributed by atoms with Crippen molar-refractivity contribution in [2.45, 2.75) is 57.9 Å². The first-order valence-electron chi connectivity index (χ1n) is 14.2. The zero-order valence-electron chi connectivity index (χ0n) is 23.5. The second kappa shape index (κ2) is 12.0. The van der Waals surface area contributed by atoms with Gasteiger partial charge in [0.05, 0.1) is 58.8 Å². The standard InChI is InChI=1S/C30H37N5O6/c1-3-4-5-8-11-32(2)28(39)21-14-22-24(15-23(21)33-16-25(37)26(38)17-33)34(12-13-36)27(31-22)18-35-29(40)19-9-6-7-10-20(19)30(35)41/h6-7,9-10,14-15,25-26,36-38H,3-5,8,11-13,16-18H2,1-2H3/t25-,26-/m0/s1. The van der Waals surface area contributed by atoms with Crippen LogP contribution in [0.2, 0.25) is 0 Å². The van der Waals surface area contributed by atoms with Crippen molar-refractivity contribution in [2.75, 3.05) is 38.2 Å². The molecule has 2 aliphatic heterocycles. The van der Waals surface area contributed by atoms with E-state index in [2.05, 4.69) is 6.92 Å². The molecule has 1 saturated heterocycles. The van der Waals surface area contributed by atoms with Gasteiger partial charge in [0.15, 0.2) is 0 Å². The Kier molecular flexibility index (Phi) is 8.39. The molecule has 0 bridgehead atoms. The number of β-amino-alcohol motifs (C(OH)–C–C–N with tert-alkyl or cyclic N) is 2. The summed E-state index contributed by atoms with van der Waals surface area (Å²) < 4.78 is 1.74. The topological polar surface area (TPSA) is 139 Å². The number of imide groups is 1. The molecule has 1 aromatic heterocycles. The van der Waals surface area contributed by atoms with Gasteiger partial charge in [-0.3, -0.25) is 19.3 Å². The molecule has 0 unspecified atom stereocenters. The molecule has 11 heteroatoms. The molecule has 0 aliphatic carbocycles. The molecule has 2 atom stereocenters. The number of aromatic nitrogens is 2. The third-order valence-corrected chi connectivity index (χ3v) is 7.97. The number of fused-ring (bicyclic) bond motifs is 2. The number of carbonyl (C=O) groups excluding carboxylic acids is 3. The summed E-state index contributed by atoms with van der Waals surface area (Å²) in [6, 6.07) is 10.1. The van der Waals surface area contributed by atoms with Crippen molar-refractivity contribution in [3.05, 3.63) is 58.9 Å². The van der Waals surface area contributed by atoms with Crippen molar-refractivity contribution in [3.63, 3.8) is 0 Å². The molecule has 41 heavy (non-hydrogen) atoms. The second-order valence-corrected chi connectivity index (χ2v) is 10.8. The van der Waals surface area contributed by atoms with Crippen molar-refractivity contribution >= 4 is 34.4 Å². The second-order valence-electron chi connectivity index (χ2n) is 10.8. The van der Waals surface area contributed by atoms with Gasteiger partial charge in [-0.25, -0.2) is 4.98 Å². The summed E-state index contributed by atoms with van der Waals surface area (Å²) in [7, 11) is 1.76. The molecule has 3 aromatic rings. The van der Waals surface area contributed by atoms with E-state index in [-0.39, 0.29) is 38.7 Å². The number of benzene rings is 2. The van der Waals surface area contributed by atoms with Gasteiger partial charge in [-0.1, -0.05) is 38.3 Å². The highest BCUT2D eigenvalue weighted by molar-refractivity contribution is 6.21. The number of aliphatic hydroxyl groups excluding tert-OH is 3. The van der Waals surface area contributed by atoms with Crippen molar-refractivity contribution in [3.8, 4) is 0 Å². The Morgan fingerprint density at radius 3 is 2.29 bits per heavy atom. The Hall–Kier alpha value is -3.80. The summed E-state index contributed by atoms with van der Waals surface area (Å²) in [6.45, 7) is 2.88. The minimum Gasteiger partial charge on any atom is -0.395 e. The number of anilines is 1. The Balaban J connectivity index is 1.54. The van der Waals surface area contributed by atoms with Gasteiger partial charge in [-0.15, -0.1) is 0 Å². The van der Waals surface area contributed by atoms with Crippen LogP contribution in [0, 0.1) is 0 Å². The van der Waals surface area contributed by atoms with E-state index < -0.39 is 24.0 Å². The zero-order valence-corrected chi connectivity index (χ0v) is 23.5. The summed E-state index contributed by atoms with van der Waals surface area (Å²) in [5.41, 5.74) is 2.70. The minimum atomic E-state index is -0.952. The van der Waals surface area contributed by atoms with Gasteiger partial charge in [0.25, 0.3) is 17.7 Å². The summed E-state index contributed by atoms with van der Waals surface area (Å²) in [5, 5.41) is 30.4. The van der Waals surface area contributed by atoms with E-state index in [4.69, 9.17) is 4.98 Å². The Morgan fingerprint density at radius 1 is 1.02 bits per heavy atom. The predicted octanol–water partition coefficient (Wildman–Crippen LogP) is 2.02. The van der Waals surface area contributed by atoms with Crippen molar-refractivity contribution < 1.29 is 29.7 Å². The normalized spacial score (nSPS) is 18.6. The number of aliphatic hydroxyl groups is 3. The largest absolute Gasteiger partial charge is 0.395 e. The fourth-order valence-electron chi connectivity index (χ4n) is 5.69. The van der Waals surface area contributed by atoms with Crippen LogP contribution >= 0.6 is 0 Å². The summed E-state index contributed by atoms with van der Waals surface area (Å²) in [5.74, 6) is -0.620. The highest BCUT2D eigenvalue weighted by atomic mass is 16.3. The average Bonchev–Trinajstić information content (AvgIpc) is 3.57. The van der Waals surface area contributed by atoms with Crippen LogP contribution in [0.15, 0.2) is 36.4 Å². The molecular weight excluding hydrogens is 526 g/mol. The molecule has 1 fully saturated rings. The Morgan fingerprint density at radius 2 is 1.68 bits per heavy atom. The lowest BCUT2D eigenvalue weighted by Gasteiger charge is -2.24. The molecule has 0 saturated carbocycles. The van der Waals surface area contributed by atoms with Crippen LogP contribution in [0.3, 0.4) is 0 Å². The molecule has 2 aromatic carbocycles. The summed E-state index contributed by atoms with van der Waals surface area (Å²) in [4.78, 5) is 49.1. The van der Waals surface area contributed by atoms with Crippen LogP contribution in [0.25, 0.3) is 11.0 Å². The van der Waals surface area contributed by atoms with Crippen molar-refractivity contribution in [1.82, 2.24) is 19.4 Å². The van der Waals surface area contributed by atoms with Gasteiger partial charge in [-0.2, -0.15) is 0 Å². The van der Waals surface area contributed by atoms with E-state index in [1.165, 1.54) is 0 Å². The smallest absolute Gasteiger partial charge is 0.261 e. The molecule has 3 N–H and O–H groups in total. The SMILES string of the molecule is CCCCCCN(C)C(=O)c1cc2nc(CN3C(=O)c4ccccc4C3=O)n(CCO)c2cc1N1C[C@H](O)[C@@H](O)C1. The lowest BCUT2D eigenvalue weighted by atomic mass is 10.1. The quantitative estimate of drug-likeness (QED) is 0.238. The van der Waals surface area contributed by atoms with E-state index in [1.54, 1.807) is 57.8 Å². The highest BCUT2D eigenvalue weighted by Gasteiger charge is 2.37. The van der Waals surface area contributed by atoms with E-state index in [9.17, 15) is 29.7 Å². The number of imidazole rings is 1. The van der Waals surface area contributed by atoms with Crippen LogP contribution in [0.1, 0.15) is 69.5 Å². The maximum absolute atomic E-state index is 13.7. The van der Waals surface area contributed by atoms with Crippen molar-refractivity contribution in [2.24, 2.45) is 0 Å². The van der Waals surface area contributed by atoms with Crippen molar-refractivity contribution in [1.29, 1.82) is 0 Å². The van der Waals surface area contributed by atoms with Crippen LogP contribution in [0.4, 0.5) is 5.69 Å². The van der Waals surface area contributed by atoms with Gasteiger partial charge in [0.2, 0.25) is 0 Å². The van der Waals surface area contributed by atoms with Crippen LogP contribution in [-0.2, 0) is 13.1 Å². The molecule has 3 heterocycles. The number of hydrogen-bond donors (Lipinski definition) is 3. The molecule has 11 nitrogen and oxygen atoms in total. The number of rotatable bonds is 11. The molecule has 0 spiro atoms. The van der Waals surface area contributed by atoms with Crippen LogP contribution in [0.5, 0.6) is 0 Å². The van der Waals surface area contributed by atoms with E-state index in [1.807, 2.05) is 0 Å². The Bertz CT molecular complexity index is 1420. The maximum atomic E-state index is 13.7. The first-order chi connectivity index (χ1) is 19.7. The summed E-state index contributed by atoms with van der Waals surface area (Å²) >= 11 is 0. The first-order valence-corrected chi connectivity index (χ1v) is 14.2. The third-order valence-electron chi connectivity index (χ3n) is 7.97. The number of carbonyl (C=O) groups is 3. The van der Waals surface area contributed by atoms with Gasteiger partial charge in [0, 0.05) is 33.2 Å². The maximum Gasteiger partial charge on any atom is 0.261 e. The molecule has 5 rings (SSSR count). The molecule has 3 amide bonds. The molecule has 218 valence electrons. The van der Waals surface area contributed by atoms with E-state index >= 15 is 0 Å². The lowest BCUT2D eigenvalue weighted by molar-refractivity contribution is 0.0572. The summed E-state index contributed by atoms with van der Waals surface area (Å²) in [6.07, 6.45) is 2.19. The number of amides is 3. The van der Waals surface area contributed by atoms with Crippen LogP contribution in [-0.4, -0.2) is 97.9 Å². The number of nitrogens with zero attached hydrogens (tertiary/aromatic N) is 5. The Labute approximate surface area is 238 Å². The lowest BCUT2D eigenvalue weighted by Crippen LogP contribution is -2.31. The van der Waals surface area contributed by atoms with Gasteiger partial charge >= 0.3 is 0 Å². The zero-order chi connectivity index (χ0) is 29.3. The molecule has 2 aliphatic rings. The van der Waals surface area contributed by atoms with E-state index in [0.717, 1.165) is 30.6 Å². The van der Waals surface area contributed by atoms with Gasteiger partial charge < -0.3 is 29.7 Å². The minimum absolute atomic E-state index is 0.0991. The molecule has 0 radical (unpaired) electrons. The fraction of sp³-hybridized carbons (Fsp3) is 0.467. The fourth-order valence-corrected chi connectivity index (χ4v) is 5.69.